The van der Waals surface area contributed by atoms with Gasteiger partial charge in [0.05, 0.1) is 16.1 Å². The van der Waals surface area contributed by atoms with Crippen LogP contribution < -0.4 is 0 Å². The quantitative estimate of drug-likeness (QED) is 0.804. The van der Waals surface area contributed by atoms with Crippen molar-refractivity contribution in [3.05, 3.63) is 29.3 Å². The molecule has 20 heavy (non-hydrogen) atoms. The Kier molecular flexibility index (Phi) is 3.14. The summed E-state index contributed by atoms with van der Waals surface area (Å²) in [6.45, 7) is 1.65. The summed E-state index contributed by atoms with van der Waals surface area (Å²) in [6, 6.07) is 2.75. The highest BCUT2D eigenvalue weighted by Crippen LogP contribution is 2.46. The Balaban J connectivity index is 2.02. The second kappa shape index (κ2) is 4.49. The summed E-state index contributed by atoms with van der Waals surface area (Å²) in [5.74, 6) is -0.585. The van der Waals surface area contributed by atoms with Crippen molar-refractivity contribution in [3.63, 3.8) is 0 Å². The topological polar surface area (TPSA) is 67.3 Å². The maximum Gasteiger partial charge on any atom is 0.213 e. The number of rotatable bonds is 1. The van der Waals surface area contributed by atoms with E-state index in [0.29, 0.717) is 24.1 Å². The van der Waals surface area contributed by atoms with Gasteiger partial charge in [-0.25, -0.2) is 13.4 Å². The van der Waals surface area contributed by atoms with Crippen LogP contribution in [0.3, 0.4) is 0 Å². The summed E-state index contributed by atoms with van der Waals surface area (Å²) >= 11 is 0. The molecule has 0 amide bonds. The molecule has 1 aromatic rings. The average Bonchev–Trinajstić information content (AvgIpc) is 2.31. The van der Waals surface area contributed by atoms with Crippen molar-refractivity contribution in [1.82, 2.24) is 4.98 Å². The van der Waals surface area contributed by atoms with Crippen LogP contribution in [0.2, 0.25) is 0 Å². The van der Waals surface area contributed by atoms with Crippen LogP contribution in [0.5, 0.6) is 0 Å². The lowest BCUT2D eigenvalue weighted by molar-refractivity contribution is 0.00399. The summed E-state index contributed by atoms with van der Waals surface area (Å²) < 4.78 is 37.6. The first-order chi connectivity index (χ1) is 9.33. The summed E-state index contributed by atoms with van der Waals surface area (Å²) in [4.78, 5) is 3.75. The van der Waals surface area contributed by atoms with Gasteiger partial charge in [-0.1, -0.05) is 6.42 Å². The highest BCUT2D eigenvalue weighted by Gasteiger charge is 2.51. The van der Waals surface area contributed by atoms with Gasteiger partial charge in [0, 0.05) is 11.3 Å². The van der Waals surface area contributed by atoms with Crippen LogP contribution in [0.25, 0.3) is 0 Å². The second-order valence-electron chi connectivity index (χ2n) is 5.97. The first kappa shape index (κ1) is 13.9. The second-order valence-corrected chi connectivity index (χ2v) is 8.48. The summed E-state index contributed by atoms with van der Waals surface area (Å²) in [5, 5.41) is 9.96. The fourth-order valence-corrected chi connectivity index (χ4v) is 6.24. The van der Waals surface area contributed by atoms with Crippen LogP contribution in [0.15, 0.2) is 12.1 Å². The maximum atomic E-state index is 13.1. The Hall–Kier alpha value is -1.01. The molecule has 2 saturated heterocycles. The van der Waals surface area contributed by atoms with E-state index in [-0.39, 0.29) is 12.8 Å². The number of fused-ring (bicyclic) bond motifs is 2. The number of hydrogen-bond donors (Lipinski definition) is 1. The number of aromatic nitrogens is 1. The zero-order chi connectivity index (χ0) is 14.5. The monoisotopic (exact) mass is 299 g/mol. The molecule has 3 rings (SSSR count). The fraction of sp³-hybridized carbons (Fsp3) is 0.643. The number of sulfone groups is 1. The van der Waals surface area contributed by atoms with Crippen LogP contribution in [0, 0.1) is 12.9 Å². The number of nitrogens with zero attached hydrogens (tertiary/aromatic N) is 1. The highest BCUT2D eigenvalue weighted by atomic mass is 32.2. The molecule has 0 spiro atoms. The van der Waals surface area contributed by atoms with E-state index in [1.165, 1.54) is 12.1 Å². The molecule has 2 fully saturated rings. The molecule has 1 aromatic heterocycles. The molecule has 3 heterocycles. The summed E-state index contributed by atoms with van der Waals surface area (Å²) in [6.07, 6.45) is 2.49. The largest absolute Gasteiger partial charge is 0.385 e. The zero-order valence-electron chi connectivity index (χ0n) is 11.3. The lowest BCUT2D eigenvalue weighted by Crippen LogP contribution is -2.50. The van der Waals surface area contributed by atoms with Gasteiger partial charge < -0.3 is 5.11 Å². The molecule has 2 aliphatic heterocycles. The summed E-state index contributed by atoms with van der Waals surface area (Å²) in [5.41, 5.74) is -0.207. The fourth-order valence-electron chi connectivity index (χ4n) is 3.69. The molecule has 6 heteroatoms. The van der Waals surface area contributed by atoms with E-state index in [1.54, 1.807) is 6.92 Å². The molecule has 2 unspecified atom stereocenters. The molecule has 0 aromatic carbocycles. The molecule has 0 aliphatic carbocycles. The molecular weight excluding hydrogens is 281 g/mol. The minimum atomic E-state index is -3.12. The van der Waals surface area contributed by atoms with Crippen LogP contribution in [0.1, 0.15) is 43.4 Å². The lowest BCUT2D eigenvalue weighted by Gasteiger charge is -2.44. The van der Waals surface area contributed by atoms with Gasteiger partial charge in [0.1, 0.15) is 0 Å². The number of pyridine rings is 1. The van der Waals surface area contributed by atoms with Crippen molar-refractivity contribution < 1.29 is 17.9 Å². The van der Waals surface area contributed by atoms with E-state index in [1.807, 2.05) is 0 Å². The molecule has 0 saturated carbocycles. The first-order valence-corrected chi connectivity index (χ1v) is 8.52. The Labute approximate surface area is 118 Å². The minimum absolute atomic E-state index is 0.194. The summed E-state index contributed by atoms with van der Waals surface area (Å²) in [7, 11) is -3.12. The van der Waals surface area contributed by atoms with Gasteiger partial charge >= 0.3 is 0 Å². The van der Waals surface area contributed by atoms with Crippen molar-refractivity contribution in [2.75, 3.05) is 0 Å². The van der Waals surface area contributed by atoms with E-state index in [9.17, 15) is 17.9 Å². The smallest absolute Gasteiger partial charge is 0.213 e. The molecule has 2 atom stereocenters. The van der Waals surface area contributed by atoms with Crippen LogP contribution in [0.4, 0.5) is 4.39 Å². The van der Waals surface area contributed by atoms with Crippen molar-refractivity contribution >= 4 is 9.84 Å². The van der Waals surface area contributed by atoms with Crippen LogP contribution in [-0.2, 0) is 15.4 Å². The van der Waals surface area contributed by atoms with Gasteiger partial charge in [-0.05, 0) is 44.7 Å². The highest BCUT2D eigenvalue weighted by molar-refractivity contribution is 7.92. The van der Waals surface area contributed by atoms with E-state index in [0.717, 1.165) is 6.42 Å². The minimum Gasteiger partial charge on any atom is -0.385 e. The number of halogens is 1. The Bertz CT molecular complexity index is 624. The number of hydrogen-bond acceptors (Lipinski definition) is 4. The zero-order valence-corrected chi connectivity index (χ0v) is 12.2. The Morgan fingerprint density at radius 2 is 1.90 bits per heavy atom. The van der Waals surface area contributed by atoms with E-state index in [4.69, 9.17) is 0 Å². The molecule has 2 bridgehead atoms. The Morgan fingerprint density at radius 1 is 1.30 bits per heavy atom. The van der Waals surface area contributed by atoms with Gasteiger partial charge in [-0.3, -0.25) is 0 Å². The van der Waals surface area contributed by atoms with Crippen LogP contribution in [-0.4, -0.2) is 29.0 Å². The molecule has 4 nitrogen and oxygen atoms in total. The van der Waals surface area contributed by atoms with Gasteiger partial charge in [-0.15, -0.1) is 0 Å². The molecule has 1 N–H and O–H groups in total. The lowest BCUT2D eigenvalue weighted by atomic mass is 9.80. The van der Waals surface area contributed by atoms with Crippen LogP contribution >= 0.6 is 0 Å². The van der Waals surface area contributed by atoms with Gasteiger partial charge in [0.25, 0.3) is 0 Å². The molecular formula is C14H18FNO3S. The predicted molar refractivity (Wildman–Crippen MR) is 72.4 cm³/mol. The van der Waals surface area contributed by atoms with Gasteiger partial charge in [0.2, 0.25) is 5.95 Å². The molecule has 0 radical (unpaired) electrons. The standard InChI is InChI=1S/C14H18FNO3S/c1-9-12(5-6-13(15)16-9)14(17)7-10-3-2-4-11(8-14)20(10,18)19/h5-6,10-11,17H,2-4,7-8H2,1H3. The molecule has 110 valence electrons. The van der Waals surface area contributed by atoms with Crippen molar-refractivity contribution in [2.24, 2.45) is 0 Å². The first-order valence-electron chi connectivity index (χ1n) is 6.92. The third-order valence-electron chi connectivity index (χ3n) is 4.67. The van der Waals surface area contributed by atoms with Gasteiger partial charge in [-0.2, -0.15) is 4.39 Å². The van der Waals surface area contributed by atoms with E-state index in [2.05, 4.69) is 4.98 Å². The van der Waals surface area contributed by atoms with Gasteiger partial charge in [0.15, 0.2) is 9.84 Å². The normalized spacial score (nSPS) is 35.8. The van der Waals surface area contributed by atoms with E-state index < -0.39 is 31.9 Å². The number of aryl methyl sites for hydroxylation is 1. The van der Waals surface area contributed by atoms with Crippen molar-refractivity contribution in [1.29, 1.82) is 0 Å². The maximum absolute atomic E-state index is 13.1. The van der Waals surface area contributed by atoms with Crippen molar-refractivity contribution in [3.8, 4) is 0 Å². The number of aliphatic hydroxyl groups is 1. The van der Waals surface area contributed by atoms with E-state index >= 15 is 0 Å². The molecule has 2 aliphatic rings. The SMILES string of the molecule is Cc1nc(F)ccc1C1(O)CC2CCCC(C1)S2(=O)=O. The predicted octanol–water partition coefficient (Wildman–Crippen LogP) is 1.85. The third kappa shape index (κ3) is 2.05. The third-order valence-corrected chi connectivity index (χ3v) is 7.33. The Morgan fingerprint density at radius 3 is 2.45 bits per heavy atom. The van der Waals surface area contributed by atoms with Crippen molar-refractivity contribution in [2.45, 2.75) is 55.1 Å². The average molecular weight is 299 g/mol.